The highest BCUT2D eigenvalue weighted by Gasteiger charge is 2.34. The number of nitrogens with zero attached hydrogens (tertiary/aromatic N) is 1. The highest BCUT2D eigenvalue weighted by molar-refractivity contribution is 5.85. The molecule has 3 nitrogen and oxygen atoms in total. The Hall–Kier alpha value is -1.20. The molecule has 1 saturated heterocycles. The van der Waals surface area contributed by atoms with E-state index >= 15 is 0 Å². The Morgan fingerprint density at radius 3 is 2.27 bits per heavy atom. The van der Waals surface area contributed by atoms with Crippen molar-refractivity contribution < 1.29 is 13.6 Å². The van der Waals surface area contributed by atoms with Gasteiger partial charge in [-0.1, -0.05) is 18.9 Å². The molecule has 1 saturated carbocycles. The van der Waals surface area contributed by atoms with Gasteiger partial charge in [0.25, 0.3) is 0 Å². The van der Waals surface area contributed by atoms with Crippen LogP contribution >= 0.6 is 12.4 Å². The summed E-state index contributed by atoms with van der Waals surface area (Å²) in [7, 11) is 0. The van der Waals surface area contributed by atoms with Gasteiger partial charge in [-0.05, 0) is 25.0 Å². The first-order valence-electron chi connectivity index (χ1n) is 7.61. The predicted molar refractivity (Wildman–Crippen MR) is 82.8 cm³/mol. The van der Waals surface area contributed by atoms with Gasteiger partial charge in [-0.15, -0.1) is 12.4 Å². The summed E-state index contributed by atoms with van der Waals surface area (Å²) in [6.45, 7) is 1.38. The van der Waals surface area contributed by atoms with Crippen LogP contribution in [0, 0.1) is 17.6 Å². The van der Waals surface area contributed by atoms with Gasteiger partial charge in [0.2, 0.25) is 5.91 Å². The summed E-state index contributed by atoms with van der Waals surface area (Å²) in [6, 6.07) is 3.98. The lowest BCUT2D eigenvalue weighted by Crippen LogP contribution is -2.53. The van der Waals surface area contributed by atoms with Gasteiger partial charge in [0.15, 0.2) is 0 Å². The molecule has 2 fully saturated rings. The van der Waals surface area contributed by atoms with E-state index in [0.717, 1.165) is 25.7 Å². The third kappa shape index (κ3) is 3.41. The van der Waals surface area contributed by atoms with Gasteiger partial charge in [0.1, 0.15) is 11.6 Å². The number of benzene rings is 1. The largest absolute Gasteiger partial charge is 0.335 e. The van der Waals surface area contributed by atoms with Crippen molar-refractivity contribution in [3.05, 3.63) is 35.4 Å². The lowest BCUT2D eigenvalue weighted by molar-refractivity contribution is -0.140. The van der Waals surface area contributed by atoms with Crippen LogP contribution in [0.15, 0.2) is 18.2 Å². The highest BCUT2D eigenvalue weighted by atomic mass is 35.5. The van der Waals surface area contributed by atoms with E-state index < -0.39 is 11.6 Å². The zero-order chi connectivity index (χ0) is 14.8. The summed E-state index contributed by atoms with van der Waals surface area (Å²) in [4.78, 5) is 14.3. The number of hydrogen-bond donors (Lipinski definition) is 1. The first-order valence-corrected chi connectivity index (χ1v) is 7.61. The van der Waals surface area contributed by atoms with E-state index in [-0.39, 0.29) is 42.4 Å². The average Bonchev–Trinajstić information content (AvgIpc) is 2.90. The second-order valence-electron chi connectivity index (χ2n) is 5.96. The number of halogens is 3. The third-order valence-corrected chi connectivity index (χ3v) is 4.57. The Morgan fingerprint density at radius 1 is 1.18 bits per heavy atom. The van der Waals surface area contributed by atoms with Crippen molar-refractivity contribution >= 4 is 18.3 Å². The van der Waals surface area contributed by atoms with Gasteiger partial charge in [-0.25, -0.2) is 8.78 Å². The molecule has 0 atom stereocenters. The normalized spacial score (nSPS) is 18.6. The molecule has 0 aromatic heterocycles. The number of amides is 1. The van der Waals surface area contributed by atoms with E-state index in [1.54, 1.807) is 4.90 Å². The molecular formula is C16H21ClF2N2O. The van der Waals surface area contributed by atoms with Gasteiger partial charge < -0.3 is 10.2 Å². The van der Waals surface area contributed by atoms with Crippen LogP contribution in [0.2, 0.25) is 0 Å². The second kappa shape index (κ2) is 7.38. The van der Waals surface area contributed by atoms with Crippen molar-refractivity contribution in [3.8, 4) is 0 Å². The second-order valence-corrected chi connectivity index (χ2v) is 5.96. The fraction of sp³-hybridized carbons (Fsp3) is 0.562. The molecular weight excluding hydrogens is 310 g/mol. The minimum absolute atomic E-state index is 0. The quantitative estimate of drug-likeness (QED) is 0.920. The Morgan fingerprint density at radius 2 is 1.77 bits per heavy atom. The maximum atomic E-state index is 13.9. The van der Waals surface area contributed by atoms with E-state index in [2.05, 4.69) is 5.32 Å². The van der Waals surface area contributed by atoms with Crippen molar-refractivity contribution in [1.29, 1.82) is 0 Å². The minimum atomic E-state index is -0.572. The van der Waals surface area contributed by atoms with E-state index in [1.165, 1.54) is 18.2 Å². The first-order chi connectivity index (χ1) is 10.2. The molecule has 22 heavy (non-hydrogen) atoms. The molecule has 1 aliphatic heterocycles. The number of hydrogen-bond acceptors (Lipinski definition) is 2. The van der Waals surface area contributed by atoms with Crippen LogP contribution in [0.4, 0.5) is 8.78 Å². The third-order valence-electron chi connectivity index (χ3n) is 4.57. The number of rotatable bonds is 4. The van der Waals surface area contributed by atoms with Gasteiger partial charge in [-0.3, -0.25) is 4.79 Å². The van der Waals surface area contributed by atoms with Crippen LogP contribution in [-0.2, 0) is 11.3 Å². The Balaban J connectivity index is 0.00000176. The molecule has 0 bridgehead atoms. The zero-order valence-electron chi connectivity index (χ0n) is 12.4. The summed E-state index contributed by atoms with van der Waals surface area (Å²) in [5.41, 5.74) is 0.00466. The topological polar surface area (TPSA) is 32.3 Å². The maximum absolute atomic E-state index is 13.9. The molecule has 0 unspecified atom stereocenters. The van der Waals surface area contributed by atoms with Crippen LogP contribution in [0.5, 0.6) is 0 Å². The molecule has 0 radical (unpaired) electrons. The maximum Gasteiger partial charge on any atom is 0.228 e. The summed E-state index contributed by atoms with van der Waals surface area (Å²) in [5, 5.41) is 3.08. The van der Waals surface area contributed by atoms with Gasteiger partial charge >= 0.3 is 0 Å². The van der Waals surface area contributed by atoms with Gasteiger partial charge in [0.05, 0.1) is 12.5 Å². The van der Waals surface area contributed by atoms with Crippen molar-refractivity contribution in [2.24, 2.45) is 5.92 Å². The monoisotopic (exact) mass is 330 g/mol. The number of nitrogens with one attached hydrogen (secondary N) is 1. The lowest BCUT2D eigenvalue weighted by atomic mass is 9.99. The van der Waals surface area contributed by atoms with E-state index in [4.69, 9.17) is 0 Å². The molecule has 1 amide bonds. The van der Waals surface area contributed by atoms with Crippen molar-refractivity contribution in [2.75, 3.05) is 13.1 Å². The highest BCUT2D eigenvalue weighted by Crippen LogP contribution is 2.28. The summed E-state index contributed by atoms with van der Waals surface area (Å²) >= 11 is 0. The zero-order valence-corrected chi connectivity index (χ0v) is 13.2. The van der Waals surface area contributed by atoms with E-state index in [1.807, 2.05) is 0 Å². The van der Waals surface area contributed by atoms with Gasteiger partial charge in [0, 0.05) is 24.7 Å². The fourth-order valence-electron chi connectivity index (χ4n) is 3.15. The standard InChI is InChI=1S/C16H20F2N2O.ClH/c17-14-6-3-7-15(18)13(14)10-20(12-4-1-2-5-12)16(21)11-8-19-9-11;/h3,6-7,11-12,19H,1-2,4-5,8-10H2;1H. The summed E-state index contributed by atoms with van der Waals surface area (Å²) < 4.78 is 27.7. The predicted octanol–water partition coefficient (Wildman–Crippen LogP) is 2.88. The van der Waals surface area contributed by atoms with Crippen LogP contribution < -0.4 is 5.32 Å². The molecule has 1 aromatic rings. The molecule has 3 rings (SSSR count). The number of carbonyl (C=O) groups is 1. The molecule has 1 N–H and O–H groups in total. The Kier molecular flexibility index (Phi) is 5.75. The molecule has 122 valence electrons. The Labute approximate surface area is 135 Å². The van der Waals surface area contributed by atoms with Gasteiger partial charge in [-0.2, -0.15) is 0 Å². The molecule has 0 spiro atoms. The summed E-state index contributed by atoms with van der Waals surface area (Å²) in [6.07, 6.45) is 4.03. The fourth-order valence-corrected chi connectivity index (χ4v) is 3.15. The smallest absolute Gasteiger partial charge is 0.228 e. The van der Waals surface area contributed by atoms with Crippen LogP contribution in [0.1, 0.15) is 31.2 Å². The summed E-state index contributed by atoms with van der Waals surface area (Å²) in [5.74, 6) is -1.15. The van der Waals surface area contributed by atoms with Crippen LogP contribution in [0.3, 0.4) is 0 Å². The minimum Gasteiger partial charge on any atom is -0.335 e. The average molecular weight is 331 g/mol. The SMILES string of the molecule is Cl.O=C(C1CNC1)N(Cc1c(F)cccc1F)C1CCCC1. The number of carbonyl (C=O) groups excluding carboxylic acids is 1. The molecule has 6 heteroatoms. The first kappa shape index (κ1) is 17.2. The van der Waals surface area contributed by atoms with Crippen molar-refractivity contribution in [1.82, 2.24) is 10.2 Å². The molecule has 1 aromatic carbocycles. The van der Waals surface area contributed by atoms with Crippen molar-refractivity contribution in [3.63, 3.8) is 0 Å². The van der Waals surface area contributed by atoms with Crippen molar-refractivity contribution in [2.45, 2.75) is 38.3 Å². The molecule has 1 heterocycles. The van der Waals surface area contributed by atoms with Crippen LogP contribution in [0.25, 0.3) is 0 Å². The van der Waals surface area contributed by atoms with E-state index in [0.29, 0.717) is 13.1 Å². The molecule has 1 aliphatic carbocycles. The van der Waals surface area contributed by atoms with E-state index in [9.17, 15) is 13.6 Å². The lowest BCUT2D eigenvalue weighted by Gasteiger charge is -2.36. The molecule has 2 aliphatic rings. The Bertz CT molecular complexity index is 511. The van der Waals surface area contributed by atoms with Crippen LogP contribution in [-0.4, -0.2) is 29.9 Å².